The lowest BCUT2D eigenvalue weighted by atomic mass is 10.2. The summed E-state index contributed by atoms with van der Waals surface area (Å²) in [5, 5.41) is 9.27. The van der Waals surface area contributed by atoms with Gasteiger partial charge in [-0.25, -0.2) is 0 Å². The SMILES string of the molecule is NC(CSCc1ccc(Br)cc1Cl)C(=O)O. The highest BCUT2D eigenvalue weighted by Gasteiger charge is 2.11. The van der Waals surface area contributed by atoms with Gasteiger partial charge < -0.3 is 10.8 Å². The van der Waals surface area contributed by atoms with E-state index in [-0.39, 0.29) is 0 Å². The van der Waals surface area contributed by atoms with Gasteiger partial charge in [-0.05, 0) is 17.7 Å². The van der Waals surface area contributed by atoms with Crippen LogP contribution in [0.25, 0.3) is 0 Å². The van der Waals surface area contributed by atoms with Gasteiger partial charge in [0.05, 0.1) is 0 Å². The lowest BCUT2D eigenvalue weighted by molar-refractivity contribution is -0.137. The van der Waals surface area contributed by atoms with E-state index in [2.05, 4.69) is 15.9 Å². The third kappa shape index (κ3) is 4.33. The number of carbonyl (C=O) groups is 1. The average Bonchev–Trinajstić information content (AvgIpc) is 2.20. The molecule has 0 spiro atoms. The molecule has 88 valence electrons. The Labute approximate surface area is 111 Å². The molecule has 0 amide bonds. The van der Waals surface area contributed by atoms with E-state index >= 15 is 0 Å². The largest absolute Gasteiger partial charge is 0.480 e. The summed E-state index contributed by atoms with van der Waals surface area (Å²) in [5.41, 5.74) is 6.36. The van der Waals surface area contributed by atoms with E-state index in [1.165, 1.54) is 11.8 Å². The normalized spacial score (nSPS) is 12.4. The smallest absolute Gasteiger partial charge is 0.321 e. The molecule has 0 aliphatic rings. The van der Waals surface area contributed by atoms with Crippen molar-refractivity contribution in [2.75, 3.05) is 5.75 Å². The second kappa shape index (κ2) is 6.49. The Morgan fingerprint density at radius 2 is 2.31 bits per heavy atom. The molecule has 0 aliphatic heterocycles. The van der Waals surface area contributed by atoms with Gasteiger partial charge >= 0.3 is 5.97 Å². The summed E-state index contributed by atoms with van der Waals surface area (Å²) < 4.78 is 0.925. The van der Waals surface area contributed by atoms with E-state index in [9.17, 15) is 4.79 Å². The molecule has 1 aromatic rings. The molecule has 0 aliphatic carbocycles. The van der Waals surface area contributed by atoms with Crippen molar-refractivity contribution in [1.82, 2.24) is 0 Å². The van der Waals surface area contributed by atoms with Crippen molar-refractivity contribution in [1.29, 1.82) is 0 Å². The van der Waals surface area contributed by atoms with E-state index in [4.69, 9.17) is 22.4 Å². The topological polar surface area (TPSA) is 63.3 Å². The molecule has 0 bridgehead atoms. The van der Waals surface area contributed by atoms with Crippen LogP contribution in [-0.4, -0.2) is 22.9 Å². The quantitative estimate of drug-likeness (QED) is 0.874. The number of hydrogen-bond acceptors (Lipinski definition) is 3. The van der Waals surface area contributed by atoms with Crippen molar-refractivity contribution in [2.45, 2.75) is 11.8 Å². The number of thioether (sulfide) groups is 1. The van der Waals surface area contributed by atoms with Gasteiger partial charge in [0, 0.05) is 21.0 Å². The van der Waals surface area contributed by atoms with Gasteiger partial charge in [-0.3, -0.25) is 4.79 Å². The second-order valence-corrected chi connectivity index (χ2v) is 5.55. The van der Waals surface area contributed by atoms with E-state index < -0.39 is 12.0 Å². The predicted molar refractivity (Wildman–Crippen MR) is 70.9 cm³/mol. The third-order valence-electron chi connectivity index (χ3n) is 1.89. The fourth-order valence-electron chi connectivity index (χ4n) is 1.01. The summed E-state index contributed by atoms with van der Waals surface area (Å²) >= 11 is 10.8. The van der Waals surface area contributed by atoms with Crippen LogP contribution in [0.5, 0.6) is 0 Å². The van der Waals surface area contributed by atoms with Gasteiger partial charge in [-0.15, -0.1) is 0 Å². The standard InChI is InChI=1S/C10H11BrClNO2S/c11-7-2-1-6(8(12)3-7)4-16-5-9(13)10(14)15/h1-3,9H,4-5,13H2,(H,14,15). The molecule has 0 fully saturated rings. The van der Waals surface area contributed by atoms with Crippen molar-refractivity contribution < 1.29 is 9.90 Å². The first-order chi connectivity index (χ1) is 7.50. The van der Waals surface area contributed by atoms with Crippen LogP contribution in [-0.2, 0) is 10.5 Å². The molecule has 0 saturated heterocycles. The number of benzene rings is 1. The molecule has 1 unspecified atom stereocenters. The summed E-state index contributed by atoms with van der Waals surface area (Å²) in [6.45, 7) is 0. The first-order valence-corrected chi connectivity index (χ1v) is 6.83. The van der Waals surface area contributed by atoms with E-state index in [0.717, 1.165) is 10.0 Å². The van der Waals surface area contributed by atoms with Crippen molar-refractivity contribution in [3.63, 3.8) is 0 Å². The molecule has 0 saturated carbocycles. The average molecular weight is 325 g/mol. The van der Waals surface area contributed by atoms with E-state index in [1.807, 2.05) is 18.2 Å². The molecule has 3 N–H and O–H groups in total. The maximum absolute atomic E-state index is 10.5. The minimum atomic E-state index is -0.977. The van der Waals surface area contributed by atoms with Gasteiger partial charge in [0.25, 0.3) is 0 Å². The van der Waals surface area contributed by atoms with Crippen molar-refractivity contribution in [2.24, 2.45) is 5.73 Å². The molecule has 3 nitrogen and oxygen atoms in total. The zero-order valence-corrected chi connectivity index (χ0v) is 11.5. The summed E-state index contributed by atoms with van der Waals surface area (Å²) in [5.74, 6) is 0.0591. The molecule has 1 rings (SSSR count). The van der Waals surface area contributed by atoms with Gasteiger partial charge in [0.15, 0.2) is 0 Å². The summed E-state index contributed by atoms with van der Waals surface area (Å²) in [7, 11) is 0. The molecule has 1 atom stereocenters. The zero-order chi connectivity index (χ0) is 12.1. The lowest BCUT2D eigenvalue weighted by Crippen LogP contribution is -2.32. The molecule has 0 radical (unpaired) electrons. The van der Waals surface area contributed by atoms with Crippen LogP contribution in [0.15, 0.2) is 22.7 Å². The van der Waals surface area contributed by atoms with Gasteiger partial charge in [0.1, 0.15) is 6.04 Å². The number of hydrogen-bond donors (Lipinski definition) is 2. The first kappa shape index (κ1) is 13.8. The van der Waals surface area contributed by atoms with Crippen LogP contribution in [0.1, 0.15) is 5.56 Å². The number of halogens is 2. The number of aliphatic carboxylic acids is 1. The van der Waals surface area contributed by atoms with Crippen molar-refractivity contribution in [3.8, 4) is 0 Å². The highest BCUT2D eigenvalue weighted by molar-refractivity contribution is 9.10. The van der Waals surface area contributed by atoms with Crippen LogP contribution in [0.4, 0.5) is 0 Å². The number of rotatable bonds is 5. The fourth-order valence-corrected chi connectivity index (χ4v) is 2.81. The molecule has 1 aromatic carbocycles. The highest BCUT2D eigenvalue weighted by atomic mass is 79.9. The second-order valence-electron chi connectivity index (χ2n) is 3.20. The van der Waals surface area contributed by atoms with Crippen LogP contribution in [0.2, 0.25) is 5.02 Å². The van der Waals surface area contributed by atoms with Crippen molar-refractivity contribution >= 4 is 45.3 Å². The number of carboxylic acids is 1. The maximum Gasteiger partial charge on any atom is 0.321 e. The molecule has 16 heavy (non-hydrogen) atoms. The Bertz CT molecular complexity index is 389. The van der Waals surface area contributed by atoms with Gasteiger partial charge in [0.2, 0.25) is 0 Å². The maximum atomic E-state index is 10.5. The van der Waals surface area contributed by atoms with E-state index in [0.29, 0.717) is 16.5 Å². The molecule has 6 heteroatoms. The van der Waals surface area contributed by atoms with Crippen molar-refractivity contribution in [3.05, 3.63) is 33.3 Å². The summed E-state index contributed by atoms with van der Waals surface area (Å²) in [4.78, 5) is 10.5. The lowest BCUT2D eigenvalue weighted by Gasteiger charge is -2.07. The number of carboxylic acid groups (broad SMARTS) is 1. The minimum absolute atomic E-state index is 0.377. The third-order valence-corrected chi connectivity index (χ3v) is 3.84. The van der Waals surface area contributed by atoms with Crippen LogP contribution in [0, 0.1) is 0 Å². The predicted octanol–water partition coefficient (Wildman–Crippen LogP) is 2.75. The summed E-state index contributed by atoms with van der Waals surface area (Å²) in [6.07, 6.45) is 0. The highest BCUT2D eigenvalue weighted by Crippen LogP contribution is 2.24. The molecular formula is C10H11BrClNO2S. The Balaban J connectivity index is 2.46. The number of nitrogens with two attached hydrogens (primary N) is 1. The first-order valence-electron chi connectivity index (χ1n) is 4.50. The van der Waals surface area contributed by atoms with Gasteiger partial charge in [-0.2, -0.15) is 11.8 Å². The van der Waals surface area contributed by atoms with Gasteiger partial charge in [-0.1, -0.05) is 33.6 Å². The fraction of sp³-hybridized carbons (Fsp3) is 0.300. The summed E-state index contributed by atoms with van der Waals surface area (Å²) in [6, 6.07) is 4.80. The van der Waals surface area contributed by atoms with Crippen LogP contribution < -0.4 is 5.73 Å². The molecule has 0 aromatic heterocycles. The Morgan fingerprint density at radius 3 is 2.88 bits per heavy atom. The Morgan fingerprint density at radius 1 is 1.62 bits per heavy atom. The Kier molecular flexibility index (Phi) is 5.61. The monoisotopic (exact) mass is 323 g/mol. The zero-order valence-electron chi connectivity index (χ0n) is 8.32. The minimum Gasteiger partial charge on any atom is -0.480 e. The van der Waals surface area contributed by atoms with Crippen LogP contribution >= 0.6 is 39.3 Å². The van der Waals surface area contributed by atoms with Crippen LogP contribution in [0.3, 0.4) is 0 Å². The molecular weight excluding hydrogens is 314 g/mol. The van der Waals surface area contributed by atoms with E-state index in [1.54, 1.807) is 0 Å². The molecule has 0 heterocycles. The Hall–Kier alpha value is -0.230.